The van der Waals surface area contributed by atoms with Gasteiger partial charge in [-0.1, -0.05) is 12.1 Å². The highest BCUT2D eigenvalue weighted by Crippen LogP contribution is 2.29. The minimum Gasteiger partial charge on any atom is -0.376 e. The van der Waals surface area contributed by atoms with E-state index >= 15 is 0 Å². The van der Waals surface area contributed by atoms with Crippen molar-refractivity contribution in [3.63, 3.8) is 0 Å². The van der Waals surface area contributed by atoms with Crippen molar-refractivity contribution in [3.05, 3.63) is 48.3 Å². The third kappa shape index (κ3) is 5.21. The van der Waals surface area contributed by atoms with Crippen molar-refractivity contribution < 1.29 is 17.6 Å². The fourth-order valence-electron chi connectivity index (χ4n) is 2.27. The first-order valence-corrected chi connectivity index (χ1v) is 10.5. The number of hydrogen-bond acceptors (Lipinski definition) is 5. The van der Waals surface area contributed by atoms with Crippen LogP contribution in [0.5, 0.6) is 0 Å². The lowest BCUT2D eigenvalue weighted by atomic mass is 10.2. The first-order chi connectivity index (χ1) is 12.6. The zero-order chi connectivity index (χ0) is 20.2. The molecule has 0 unspecified atom stereocenters. The molecule has 2 rings (SSSR count). The minimum absolute atomic E-state index is 0.00153. The molecule has 0 bridgehead atoms. The first-order valence-electron chi connectivity index (χ1n) is 8.04. The molecule has 2 aromatic rings. The number of thioether (sulfide) groups is 1. The minimum atomic E-state index is -3.63. The van der Waals surface area contributed by atoms with Crippen molar-refractivity contribution in [3.8, 4) is 0 Å². The lowest BCUT2D eigenvalue weighted by molar-refractivity contribution is -0.113. The maximum absolute atomic E-state index is 13.7. The molecule has 6 nitrogen and oxygen atoms in total. The highest BCUT2D eigenvalue weighted by atomic mass is 32.2. The number of anilines is 2. The topological polar surface area (TPSA) is 69.7 Å². The number of amides is 1. The van der Waals surface area contributed by atoms with Crippen molar-refractivity contribution in [1.29, 1.82) is 0 Å². The molecule has 0 saturated carbocycles. The summed E-state index contributed by atoms with van der Waals surface area (Å²) in [6.07, 6.45) is 0. The molecular weight excluding hydrogens is 389 g/mol. The van der Waals surface area contributed by atoms with Gasteiger partial charge in [0.15, 0.2) is 0 Å². The van der Waals surface area contributed by atoms with Gasteiger partial charge in [-0.15, -0.1) is 11.8 Å². The summed E-state index contributed by atoms with van der Waals surface area (Å²) in [5.41, 5.74) is 1.04. The highest BCUT2D eigenvalue weighted by molar-refractivity contribution is 8.00. The number of nitrogens with zero attached hydrogens (tertiary/aromatic N) is 2. The summed E-state index contributed by atoms with van der Waals surface area (Å²) < 4.78 is 39.5. The Labute approximate surface area is 163 Å². The molecule has 0 fully saturated rings. The monoisotopic (exact) mass is 411 g/mol. The third-order valence-corrected chi connectivity index (χ3v) is 6.56. The molecule has 2 aromatic carbocycles. The van der Waals surface area contributed by atoms with Crippen molar-refractivity contribution in [2.75, 3.05) is 44.2 Å². The molecule has 1 amide bonds. The molecule has 0 aliphatic rings. The van der Waals surface area contributed by atoms with Crippen molar-refractivity contribution in [2.24, 2.45) is 0 Å². The molecule has 0 atom stereocenters. The summed E-state index contributed by atoms with van der Waals surface area (Å²) in [5, 5.41) is 2.73. The van der Waals surface area contributed by atoms with Crippen LogP contribution in [0.3, 0.4) is 0 Å². The Morgan fingerprint density at radius 3 is 2.37 bits per heavy atom. The molecule has 0 heterocycles. The highest BCUT2D eigenvalue weighted by Gasteiger charge is 2.20. The largest absolute Gasteiger partial charge is 0.376 e. The van der Waals surface area contributed by atoms with Crippen molar-refractivity contribution in [2.45, 2.75) is 9.79 Å². The van der Waals surface area contributed by atoms with E-state index in [1.807, 2.05) is 0 Å². The van der Waals surface area contributed by atoms with Crippen LogP contribution in [-0.4, -0.2) is 52.6 Å². The number of carbonyl (C=O) groups excluding carboxylic acids is 1. The lowest BCUT2D eigenvalue weighted by Crippen LogP contribution is -2.23. The maximum atomic E-state index is 13.7. The number of carbonyl (C=O) groups is 1. The van der Waals surface area contributed by atoms with Gasteiger partial charge >= 0.3 is 0 Å². The number of halogens is 1. The second-order valence-electron chi connectivity index (χ2n) is 6.13. The van der Waals surface area contributed by atoms with Crippen LogP contribution in [0.4, 0.5) is 15.8 Å². The van der Waals surface area contributed by atoms with Gasteiger partial charge in [-0.25, -0.2) is 17.1 Å². The van der Waals surface area contributed by atoms with Gasteiger partial charge in [0.05, 0.1) is 22.0 Å². The van der Waals surface area contributed by atoms with E-state index in [4.69, 9.17) is 0 Å². The first kappa shape index (κ1) is 21.2. The molecule has 0 aliphatic heterocycles. The average molecular weight is 412 g/mol. The summed E-state index contributed by atoms with van der Waals surface area (Å²) in [7, 11) is 2.84. The number of hydrogen-bond donors (Lipinski definition) is 1. The van der Waals surface area contributed by atoms with E-state index in [0.717, 1.165) is 16.1 Å². The molecular formula is C18H22FN3O3S2. The van der Waals surface area contributed by atoms with Crippen LogP contribution < -0.4 is 10.2 Å². The van der Waals surface area contributed by atoms with E-state index < -0.39 is 10.0 Å². The normalized spacial score (nSPS) is 11.5. The van der Waals surface area contributed by atoms with Crippen molar-refractivity contribution >= 4 is 39.1 Å². The molecule has 0 saturated heterocycles. The lowest BCUT2D eigenvalue weighted by Gasteiger charge is -2.20. The van der Waals surface area contributed by atoms with E-state index in [1.165, 1.54) is 32.3 Å². The Kier molecular flexibility index (Phi) is 6.85. The molecule has 0 spiro atoms. The van der Waals surface area contributed by atoms with Gasteiger partial charge in [0.2, 0.25) is 15.9 Å². The Bertz CT molecular complexity index is 931. The van der Waals surface area contributed by atoms with Crippen LogP contribution in [0.15, 0.2) is 52.3 Å². The van der Waals surface area contributed by atoms with Crippen LogP contribution in [-0.2, 0) is 14.8 Å². The van der Waals surface area contributed by atoms with Gasteiger partial charge < -0.3 is 10.2 Å². The fraction of sp³-hybridized carbons (Fsp3) is 0.278. The SMILES string of the molecule is CN(C)c1ccc(S(=O)(=O)N(C)C)cc1NC(=O)CSc1ccccc1F. The summed E-state index contributed by atoms with van der Waals surface area (Å²) in [6, 6.07) is 10.8. The van der Waals surface area contributed by atoms with Crippen LogP contribution in [0.25, 0.3) is 0 Å². The molecule has 146 valence electrons. The van der Waals surface area contributed by atoms with Crippen molar-refractivity contribution in [1.82, 2.24) is 4.31 Å². The van der Waals surface area contributed by atoms with Gasteiger partial charge in [0.25, 0.3) is 0 Å². The summed E-state index contributed by atoms with van der Waals surface area (Å²) in [5.74, 6) is -0.743. The number of nitrogens with one attached hydrogen (secondary N) is 1. The Morgan fingerprint density at radius 1 is 1.11 bits per heavy atom. The average Bonchev–Trinajstić information content (AvgIpc) is 2.60. The van der Waals surface area contributed by atoms with Gasteiger partial charge in [0.1, 0.15) is 5.82 Å². The molecule has 0 radical (unpaired) electrons. The molecule has 27 heavy (non-hydrogen) atoms. The second kappa shape index (κ2) is 8.73. The van der Waals surface area contributed by atoms with E-state index in [2.05, 4.69) is 5.32 Å². The summed E-state index contributed by atoms with van der Waals surface area (Å²) in [6.45, 7) is 0. The number of sulfonamides is 1. The third-order valence-electron chi connectivity index (χ3n) is 3.70. The standard InChI is InChI=1S/C18H22FN3O3S2/c1-21(2)16-10-9-13(27(24,25)22(3)4)11-15(16)20-18(23)12-26-17-8-6-5-7-14(17)19/h5-11H,12H2,1-4H3,(H,20,23). The molecule has 9 heteroatoms. The molecule has 0 aromatic heterocycles. The smallest absolute Gasteiger partial charge is 0.242 e. The quantitative estimate of drug-likeness (QED) is 0.710. The number of benzene rings is 2. The fourth-order valence-corrected chi connectivity index (χ4v) is 3.94. The van der Waals surface area contributed by atoms with E-state index in [1.54, 1.807) is 43.3 Å². The Hall–Kier alpha value is -2.10. The van der Waals surface area contributed by atoms with Crippen LogP contribution in [0, 0.1) is 5.82 Å². The predicted octanol–water partition coefficient (Wildman–Crippen LogP) is 2.87. The zero-order valence-corrected chi connectivity index (χ0v) is 17.2. The number of rotatable bonds is 7. The van der Waals surface area contributed by atoms with E-state index in [-0.39, 0.29) is 22.4 Å². The molecule has 1 N–H and O–H groups in total. The van der Waals surface area contributed by atoms with Gasteiger partial charge in [-0.05, 0) is 30.3 Å². The predicted molar refractivity (Wildman–Crippen MR) is 107 cm³/mol. The summed E-state index contributed by atoms with van der Waals surface area (Å²) in [4.78, 5) is 14.6. The summed E-state index contributed by atoms with van der Waals surface area (Å²) >= 11 is 1.08. The van der Waals surface area contributed by atoms with E-state index in [9.17, 15) is 17.6 Å². The Morgan fingerprint density at radius 2 is 1.78 bits per heavy atom. The van der Waals surface area contributed by atoms with Crippen LogP contribution >= 0.6 is 11.8 Å². The molecule has 0 aliphatic carbocycles. The van der Waals surface area contributed by atoms with Gasteiger partial charge in [-0.3, -0.25) is 4.79 Å². The van der Waals surface area contributed by atoms with Gasteiger partial charge in [0, 0.05) is 33.1 Å². The zero-order valence-electron chi connectivity index (χ0n) is 15.6. The van der Waals surface area contributed by atoms with E-state index in [0.29, 0.717) is 16.3 Å². The maximum Gasteiger partial charge on any atom is 0.242 e. The van der Waals surface area contributed by atoms with Crippen LogP contribution in [0.1, 0.15) is 0 Å². The Balaban J connectivity index is 2.22. The van der Waals surface area contributed by atoms with Gasteiger partial charge in [-0.2, -0.15) is 0 Å². The second-order valence-corrected chi connectivity index (χ2v) is 9.30. The van der Waals surface area contributed by atoms with Crippen LogP contribution in [0.2, 0.25) is 0 Å².